The standard InChI is InChI=1S/C17H13ClF2N4OS2/c1-9-2-4-11(7-12(9)18)21-16-23-24-17(27-16)26-8-15(25)22-14-5-3-10(19)6-13(14)20/h2-7H,8H2,1H3,(H,21,23)(H,22,25). The molecule has 2 N–H and O–H groups in total. The lowest BCUT2D eigenvalue weighted by molar-refractivity contribution is -0.113. The number of halogens is 3. The number of aromatic nitrogens is 2. The van der Waals surface area contributed by atoms with E-state index >= 15 is 0 Å². The Morgan fingerprint density at radius 1 is 1.22 bits per heavy atom. The molecule has 0 saturated carbocycles. The van der Waals surface area contributed by atoms with E-state index in [2.05, 4.69) is 20.8 Å². The van der Waals surface area contributed by atoms with E-state index in [-0.39, 0.29) is 11.4 Å². The third-order valence-electron chi connectivity index (χ3n) is 3.36. The molecule has 3 aromatic rings. The number of aryl methyl sites for hydroxylation is 1. The number of amides is 1. The highest BCUT2D eigenvalue weighted by Gasteiger charge is 2.11. The van der Waals surface area contributed by atoms with Crippen LogP contribution in [0.15, 0.2) is 40.7 Å². The second kappa shape index (κ2) is 8.64. The molecule has 2 aromatic carbocycles. The number of hydrogen-bond donors (Lipinski definition) is 2. The Morgan fingerprint density at radius 2 is 2.04 bits per heavy atom. The summed E-state index contributed by atoms with van der Waals surface area (Å²) in [7, 11) is 0. The molecular weight excluding hydrogens is 414 g/mol. The van der Waals surface area contributed by atoms with Gasteiger partial charge in [0.25, 0.3) is 0 Å². The molecule has 0 fully saturated rings. The monoisotopic (exact) mass is 426 g/mol. The fraction of sp³-hybridized carbons (Fsp3) is 0.118. The van der Waals surface area contributed by atoms with E-state index in [1.807, 2.05) is 19.1 Å². The number of nitrogens with one attached hydrogen (secondary N) is 2. The van der Waals surface area contributed by atoms with Crippen LogP contribution in [-0.2, 0) is 4.79 Å². The van der Waals surface area contributed by atoms with Gasteiger partial charge in [-0.05, 0) is 36.8 Å². The minimum absolute atomic E-state index is 0.0157. The van der Waals surface area contributed by atoms with Crippen molar-refractivity contribution in [3.05, 3.63) is 58.6 Å². The molecule has 0 aliphatic heterocycles. The summed E-state index contributed by atoms with van der Waals surface area (Å²) in [6.07, 6.45) is 0. The van der Waals surface area contributed by atoms with Crippen LogP contribution in [0.1, 0.15) is 5.56 Å². The minimum Gasteiger partial charge on any atom is -0.330 e. The van der Waals surface area contributed by atoms with Crippen molar-refractivity contribution in [3.63, 3.8) is 0 Å². The first-order valence-electron chi connectivity index (χ1n) is 7.65. The molecule has 0 bridgehead atoms. The smallest absolute Gasteiger partial charge is 0.234 e. The van der Waals surface area contributed by atoms with Gasteiger partial charge in [-0.1, -0.05) is 40.8 Å². The van der Waals surface area contributed by atoms with Gasteiger partial charge in [-0.25, -0.2) is 8.78 Å². The van der Waals surface area contributed by atoms with Crippen LogP contribution in [0.3, 0.4) is 0 Å². The molecule has 140 valence electrons. The Bertz CT molecular complexity index is 983. The summed E-state index contributed by atoms with van der Waals surface area (Å²) in [5.41, 5.74) is 1.68. The maximum atomic E-state index is 13.5. The van der Waals surface area contributed by atoms with Gasteiger partial charge < -0.3 is 10.6 Å². The highest BCUT2D eigenvalue weighted by Crippen LogP contribution is 2.29. The fourth-order valence-electron chi connectivity index (χ4n) is 2.02. The van der Waals surface area contributed by atoms with E-state index < -0.39 is 17.5 Å². The van der Waals surface area contributed by atoms with Crippen molar-refractivity contribution in [2.45, 2.75) is 11.3 Å². The molecule has 0 aliphatic carbocycles. The summed E-state index contributed by atoms with van der Waals surface area (Å²) >= 11 is 8.53. The van der Waals surface area contributed by atoms with Crippen LogP contribution in [0.25, 0.3) is 0 Å². The number of carbonyl (C=O) groups excluding carboxylic acids is 1. The third-order valence-corrected chi connectivity index (χ3v) is 5.74. The van der Waals surface area contributed by atoms with Crippen molar-refractivity contribution in [1.82, 2.24) is 10.2 Å². The van der Waals surface area contributed by atoms with Crippen molar-refractivity contribution >= 4 is 57.1 Å². The van der Waals surface area contributed by atoms with E-state index in [0.29, 0.717) is 20.6 Å². The van der Waals surface area contributed by atoms with Crippen molar-refractivity contribution in [1.29, 1.82) is 0 Å². The highest BCUT2D eigenvalue weighted by molar-refractivity contribution is 8.01. The summed E-state index contributed by atoms with van der Waals surface area (Å²) in [4.78, 5) is 11.9. The first kappa shape index (κ1) is 19.5. The molecule has 0 unspecified atom stereocenters. The molecule has 5 nitrogen and oxygen atoms in total. The van der Waals surface area contributed by atoms with Crippen LogP contribution < -0.4 is 10.6 Å². The number of thioether (sulfide) groups is 1. The SMILES string of the molecule is Cc1ccc(Nc2nnc(SCC(=O)Nc3ccc(F)cc3F)s2)cc1Cl. The molecule has 0 aliphatic rings. The molecule has 1 amide bonds. The maximum Gasteiger partial charge on any atom is 0.234 e. The Kier molecular flexibility index (Phi) is 6.25. The number of hydrogen-bond acceptors (Lipinski definition) is 6. The quantitative estimate of drug-likeness (QED) is 0.527. The average Bonchev–Trinajstić information content (AvgIpc) is 3.06. The molecule has 10 heteroatoms. The second-order valence-corrected chi connectivity index (χ2v) is 8.03. The summed E-state index contributed by atoms with van der Waals surface area (Å²) < 4.78 is 27.0. The first-order chi connectivity index (χ1) is 12.9. The van der Waals surface area contributed by atoms with Gasteiger partial charge in [0, 0.05) is 16.8 Å². The number of carbonyl (C=O) groups is 1. The fourth-order valence-corrected chi connectivity index (χ4v) is 3.77. The Morgan fingerprint density at radius 3 is 2.78 bits per heavy atom. The summed E-state index contributed by atoms with van der Waals surface area (Å²) in [5.74, 6) is -1.95. The van der Waals surface area contributed by atoms with Gasteiger partial charge in [-0.15, -0.1) is 10.2 Å². The van der Waals surface area contributed by atoms with Gasteiger partial charge in [-0.3, -0.25) is 4.79 Å². The van der Waals surface area contributed by atoms with Crippen molar-refractivity contribution < 1.29 is 13.6 Å². The topological polar surface area (TPSA) is 66.9 Å². The molecule has 27 heavy (non-hydrogen) atoms. The highest BCUT2D eigenvalue weighted by atomic mass is 35.5. The molecule has 1 heterocycles. The second-order valence-electron chi connectivity index (χ2n) is 5.42. The zero-order valence-electron chi connectivity index (χ0n) is 13.9. The Hall–Kier alpha value is -2.23. The van der Waals surface area contributed by atoms with E-state index in [1.165, 1.54) is 17.4 Å². The van der Waals surface area contributed by atoms with Crippen LogP contribution in [0.5, 0.6) is 0 Å². The van der Waals surface area contributed by atoms with Crippen LogP contribution in [0, 0.1) is 18.6 Å². The molecule has 0 saturated heterocycles. The van der Waals surface area contributed by atoms with Crippen LogP contribution in [0.2, 0.25) is 5.02 Å². The minimum atomic E-state index is -0.826. The van der Waals surface area contributed by atoms with Crippen molar-refractivity contribution in [2.24, 2.45) is 0 Å². The van der Waals surface area contributed by atoms with E-state index in [1.54, 1.807) is 6.07 Å². The predicted octanol–water partition coefficient (Wildman–Crippen LogP) is 5.25. The lowest BCUT2D eigenvalue weighted by Crippen LogP contribution is -2.15. The van der Waals surface area contributed by atoms with E-state index in [0.717, 1.165) is 29.1 Å². The lowest BCUT2D eigenvalue weighted by atomic mass is 10.2. The summed E-state index contributed by atoms with van der Waals surface area (Å²) in [5, 5.41) is 14.7. The van der Waals surface area contributed by atoms with Crippen molar-refractivity contribution in [3.8, 4) is 0 Å². The number of benzene rings is 2. The largest absolute Gasteiger partial charge is 0.330 e. The zero-order valence-corrected chi connectivity index (χ0v) is 16.3. The Labute approximate surface area is 167 Å². The lowest BCUT2D eigenvalue weighted by Gasteiger charge is -2.05. The zero-order chi connectivity index (χ0) is 19.4. The third kappa shape index (κ3) is 5.38. The number of nitrogens with zero attached hydrogens (tertiary/aromatic N) is 2. The molecule has 3 rings (SSSR count). The normalized spacial score (nSPS) is 10.7. The molecule has 0 atom stereocenters. The molecule has 1 aromatic heterocycles. The molecule has 0 radical (unpaired) electrons. The summed E-state index contributed by atoms with van der Waals surface area (Å²) in [6, 6.07) is 8.51. The average molecular weight is 427 g/mol. The van der Waals surface area contributed by atoms with Crippen LogP contribution >= 0.6 is 34.7 Å². The van der Waals surface area contributed by atoms with Gasteiger partial charge >= 0.3 is 0 Å². The first-order valence-corrected chi connectivity index (χ1v) is 9.83. The van der Waals surface area contributed by atoms with Crippen LogP contribution in [-0.4, -0.2) is 21.9 Å². The molecular formula is C17H13ClF2N4OS2. The van der Waals surface area contributed by atoms with Gasteiger partial charge in [0.2, 0.25) is 11.0 Å². The van der Waals surface area contributed by atoms with E-state index in [4.69, 9.17) is 11.6 Å². The van der Waals surface area contributed by atoms with Gasteiger partial charge in [-0.2, -0.15) is 0 Å². The van der Waals surface area contributed by atoms with Gasteiger partial charge in [0.15, 0.2) is 4.34 Å². The van der Waals surface area contributed by atoms with Gasteiger partial charge in [0.05, 0.1) is 11.4 Å². The Balaban J connectivity index is 1.54. The summed E-state index contributed by atoms with van der Waals surface area (Å²) in [6.45, 7) is 1.91. The number of rotatable bonds is 6. The molecule has 0 spiro atoms. The predicted molar refractivity (Wildman–Crippen MR) is 105 cm³/mol. The van der Waals surface area contributed by atoms with E-state index in [9.17, 15) is 13.6 Å². The van der Waals surface area contributed by atoms with Gasteiger partial charge in [0.1, 0.15) is 11.6 Å². The van der Waals surface area contributed by atoms with Crippen molar-refractivity contribution in [2.75, 3.05) is 16.4 Å². The number of anilines is 3. The van der Waals surface area contributed by atoms with Crippen LogP contribution in [0.4, 0.5) is 25.3 Å². The maximum absolute atomic E-state index is 13.5.